The van der Waals surface area contributed by atoms with Crippen LogP contribution in [0.4, 0.5) is 0 Å². The highest BCUT2D eigenvalue weighted by atomic mass is 79.9. The number of ether oxygens (including phenoxy) is 1. The van der Waals surface area contributed by atoms with Gasteiger partial charge in [-0.15, -0.1) is 0 Å². The molecule has 1 heterocycles. The standard InChI is InChI=1S/C17H22BrN3O2/c1-10(2)14-13(18)15(21-20-14)17(22)19-8-9-23-16-11(3)6-5-7-12(16)4/h5-7,10H,8-9H2,1-4H3,(H,19,22)(H,20,21). The van der Waals surface area contributed by atoms with Crippen molar-refractivity contribution in [3.63, 3.8) is 0 Å². The molecule has 1 amide bonds. The molecule has 0 aliphatic rings. The number of nitrogens with one attached hydrogen (secondary N) is 2. The quantitative estimate of drug-likeness (QED) is 0.751. The maximum Gasteiger partial charge on any atom is 0.273 e. The number of hydrogen-bond acceptors (Lipinski definition) is 3. The van der Waals surface area contributed by atoms with Gasteiger partial charge in [-0.25, -0.2) is 0 Å². The van der Waals surface area contributed by atoms with Crippen molar-refractivity contribution in [1.82, 2.24) is 15.5 Å². The highest BCUT2D eigenvalue weighted by Crippen LogP contribution is 2.25. The number of aromatic amines is 1. The number of aryl methyl sites for hydroxylation is 2. The van der Waals surface area contributed by atoms with Gasteiger partial charge in [0.15, 0.2) is 5.69 Å². The third-order valence-electron chi connectivity index (χ3n) is 3.57. The van der Waals surface area contributed by atoms with E-state index in [1.165, 1.54) is 0 Å². The number of rotatable bonds is 6. The second-order valence-corrected chi connectivity index (χ2v) is 6.57. The lowest BCUT2D eigenvalue weighted by molar-refractivity contribution is 0.0941. The van der Waals surface area contributed by atoms with E-state index >= 15 is 0 Å². The Morgan fingerprint density at radius 1 is 1.35 bits per heavy atom. The first-order valence-corrected chi connectivity index (χ1v) is 8.42. The van der Waals surface area contributed by atoms with Crippen LogP contribution in [0, 0.1) is 13.8 Å². The SMILES string of the molecule is Cc1cccc(C)c1OCCNC(=O)c1n[nH]c(C(C)C)c1Br. The van der Waals surface area contributed by atoms with Crippen LogP contribution in [-0.4, -0.2) is 29.3 Å². The Hall–Kier alpha value is -1.82. The molecular weight excluding hydrogens is 358 g/mol. The molecule has 6 heteroatoms. The first-order chi connectivity index (χ1) is 10.9. The predicted octanol–water partition coefficient (Wildman–Crippen LogP) is 3.72. The Balaban J connectivity index is 1.88. The van der Waals surface area contributed by atoms with Crippen LogP contribution in [0.3, 0.4) is 0 Å². The molecule has 2 aromatic rings. The lowest BCUT2D eigenvalue weighted by Gasteiger charge is -2.12. The zero-order valence-electron chi connectivity index (χ0n) is 13.9. The fraction of sp³-hybridized carbons (Fsp3) is 0.412. The third-order valence-corrected chi connectivity index (χ3v) is 4.37. The van der Waals surface area contributed by atoms with E-state index in [0.717, 1.165) is 27.0 Å². The van der Waals surface area contributed by atoms with Crippen molar-refractivity contribution in [2.75, 3.05) is 13.2 Å². The monoisotopic (exact) mass is 379 g/mol. The molecule has 1 aromatic heterocycles. The minimum atomic E-state index is -0.217. The Bertz CT molecular complexity index is 675. The van der Waals surface area contributed by atoms with Crippen LogP contribution >= 0.6 is 15.9 Å². The molecule has 2 N–H and O–H groups in total. The van der Waals surface area contributed by atoms with Crippen LogP contribution < -0.4 is 10.1 Å². The summed E-state index contributed by atoms with van der Waals surface area (Å²) in [5, 5.41) is 9.80. The zero-order chi connectivity index (χ0) is 17.0. The van der Waals surface area contributed by atoms with Crippen LogP contribution in [0.2, 0.25) is 0 Å². The van der Waals surface area contributed by atoms with Gasteiger partial charge in [-0.3, -0.25) is 9.89 Å². The van der Waals surface area contributed by atoms with Gasteiger partial charge in [0, 0.05) is 0 Å². The summed E-state index contributed by atoms with van der Waals surface area (Å²) in [6.45, 7) is 8.93. The van der Waals surface area contributed by atoms with Crippen LogP contribution in [0.15, 0.2) is 22.7 Å². The van der Waals surface area contributed by atoms with E-state index in [1.54, 1.807) is 0 Å². The van der Waals surface area contributed by atoms with Crippen LogP contribution in [-0.2, 0) is 0 Å². The molecule has 1 aromatic carbocycles. The van der Waals surface area contributed by atoms with Crippen molar-refractivity contribution in [1.29, 1.82) is 0 Å². The van der Waals surface area contributed by atoms with E-state index in [-0.39, 0.29) is 11.8 Å². The third kappa shape index (κ3) is 4.13. The van der Waals surface area contributed by atoms with Gasteiger partial charge in [0.1, 0.15) is 12.4 Å². The summed E-state index contributed by atoms with van der Waals surface area (Å²) in [4.78, 5) is 12.2. The van der Waals surface area contributed by atoms with Gasteiger partial charge in [-0.05, 0) is 46.8 Å². The molecule has 124 valence electrons. The molecule has 0 atom stereocenters. The fourth-order valence-electron chi connectivity index (χ4n) is 2.30. The van der Waals surface area contributed by atoms with Gasteiger partial charge in [0.2, 0.25) is 0 Å². The highest BCUT2D eigenvalue weighted by Gasteiger charge is 2.18. The molecule has 0 bridgehead atoms. The van der Waals surface area contributed by atoms with Crippen molar-refractivity contribution in [3.05, 3.63) is 45.2 Å². The maximum absolute atomic E-state index is 12.2. The first kappa shape index (κ1) is 17.5. The van der Waals surface area contributed by atoms with Crippen molar-refractivity contribution in [2.45, 2.75) is 33.6 Å². The number of para-hydroxylation sites is 1. The number of aromatic nitrogens is 2. The molecule has 2 rings (SSSR count). The summed E-state index contributed by atoms with van der Waals surface area (Å²) in [6.07, 6.45) is 0. The summed E-state index contributed by atoms with van der Waals surface area (Å²) in [5.74, 6) is 0.931. The minimum Gasteiger partial charge on any atom is -0.491 e. The Kier molecular flexibility index (Phi) is 5.82. The topological polar surface area (TPSA) is 67.0 Å². The summed E-state index contributed by atoms with van der Waals surface area (Å²) in [7, 11) is 0. The average molecular weight is 380 g/mol. The lowest BCUT2D eigenvalue weighted by atomic mass is 10.1. The number of carbonyl (C=O) groups is 1. The molecule has 0 unspecified atom stereocenters. The minimum absolute atomic E-state index is 0.217. The van der Waals surface area contributed by atoms with Crippen LogP contribution in [0.25, 0.3) is 0 Å². The van der Waals surface area contributed by atoms with Crippen molar-refractivity contribution < 1.29 is 9.53 Å². The van der Waals surface area contributed by atoms with E-state index in [9.17, 15) is 4.79 Å². The van der Waals surface area contributed by atoms with Crippen LogP contribution in [0.1, 0.15) is 47.1 Å². The number of amides is 1. The Morgan fingerprint density at radius 2 is 2.00 bits per heavy atom. The van der Waals surface area contributed by atoms with E-state index in [2.05, 4.69) is 31.4 Å². The molecule has 23 heavy (non-hydrogen) atoms. The maximum atomic E-state index is 12.2. The van der Waals surface area contributed by atoms with Gasteiger partial charge in [-0.2, -0.15) is 5.10 Å². The summed E-state index contributed by atoms with van der Waals surface area (Å²) >= 11 is 3.43. The largest absolute Gasteiger partial charge is 0.491 e. The molecule has 0 saturated carbocycles. The molecule has 0 saturated heterocycles. The number of halogens is 1. The number of H-pyrrole nitrogens is 1. The fourth-order valence-corrected chi connectivity index (χ4v) is 3.12. The molecule has 0 aliphatic carbocycles. The Morgan fingerprint density at radius 3 is 2.57 bits per heavy atom. The molecular formula is C17H22BrN3O2. The summed E-state index contributed by atoms with van der Waals surface area (Å²) < 4.78 is 6.50. The number of hydrogen-bond donors (Lipinski definition) is 2. The average Bonchev–Trinajstić information content (AvgIpc) is 2.87. The normalized spacial score (nSPS) is 10.9. The van der Waals surface area contributed by atoms with Gasteiger partial charge >= 0.3 is 0 Å². The number of carbonyl (C=O) groups excluding carboxylic acids is 1. The molecule has 5 nitrogen and oxygen atoms in total. The second kappa shape index (κ2) is 7.64. The van der Waals surface area contributed by atoms with Gasteiger partial charge in [0.25, 0.3) is 5.91 Å². The Labute approximate surface area is 144 Å². The number of benzene rings is 1. The lowest BCUT2D eigenvalue weighted by Crippen LogP contribution is -2.28. The van der Waals surface area contributed by atoms with Gasteiger partial charge < -0.3 is 10.1 Å². The van der Waals surface area contributed by atoms with Gasteiger partial charge in [-0.1, -0.05) is 32.0 Å². The molecule has 0 aliphatic heterocycles. The predicted molar refractivity (Wildman–Crippen MR) is 94.1 cm³/mol. The van der Waals surface area contributed by atoms with Gasteiger partial charge in [0.05, 0.1) is 16.7 Å². The first-order valence-electron chi connectivity index (χ1n) is 7.62. The van der Waals surface area contributed by atoms with E-state index in [1.807, 2.05) is 45.9 Å². The van der Waals surface area contributed by atoms with E-state index in [0.29, 0.717) is 18.8 Å². The van der Waals surface area contributed by atoms with E-state index < -0.39 is 0 Å². The zero-order valence-corrected chi connectivity index (χ0v) is 15.5. The second-order valence-electron chi connectivity index (χ2n) is 5.78. The highest BCUT2D eigenvalue weighted by molar-refractivity contribution is 9.10. The van der Waals surface area contributed by atoms with Crippen LogP contribution in [0.5, 0.6) is 5.75 Å². The summed E-state index contributed by atoms with van der Waals surface area (Å²) in [5.41, 5.74) is 3.48. The molecule has 0 spiro atoms. The smallest absolute Gasteiger partial charge is 0.273 e. The van der Waals surface area contributed by atoms with Crippen molar-refractivity contribution >= 4 is 21.8 Å². The molecule has 0 fully saturated rings. The van der Waals surface area contributed by atoms with E-state index in [4.69, 9.17) is 4.74 Å². The van der Waals surface area contributed by atoms with Crippen molar-refractivity contribution in [3.8, 4) is 5.75 Å². The molecule has 0 radical (unpaired) electrons. The summed E-state index contributed by atoms with van der Waals surface area (Å²) in [6, 6.07) is 6.02. The van der Waals surface area contributed by atoms with Crippen molar-refractivity contribution in [2.24, 2.45) is 0 Å². The number of nitrogens with zero attached hydrogens (tertiary/aromatic N) is 1.